The molecule has 1 aromatic heterocycles. The van der Waals surface area contributed by atoms with Crippen molar-refractivity contribution in [3.8, 4) is 0 Å². The molecule has 0 radical (unpaired) electrons. The summed E-state index contributed by atoms with van der Waals surface area (Å²) in [6, 6.07) is -2.12. The number of β-lactam (4-membered cyclic amide) rings is 1. The van der Waals surface area contributed by atoms with Crippen LogP contribution in [-0.2, 0) is 25.7 Å². The van der Waals surface area contributed by atoms with E-state index in [0.717, 1.165) is 0 Å². The van der Waals surface area contributed by atoms with Crippen LogP contribution >= 0.6 is 11.8 Å². The summed E-state index contributed by atoms with van der Waals surface area (Å²) in [6.45, 7) is 4.11. The summed E-state index contributed by atoms with van der Waals surface area (Å²) < 4.78 is 15.1. The first kappa shape index (κ1) is 26.5. The molecule has 3 fully saturated rings. The molecule has 4 aliphatic rings. The molecule has 0 bridgehead atoms. The number of rotatable bonds is 8. The average molecular weight is 552 g/mol. The van der Waals surface area contributed by atoms with E-state index >= 15 is 0 Å². The monoisotopic (exact) mass is 551 g/mol. The van der Waals surface area contributed by atoms with Gasteiger partial charge in [-0.3, -0.25) is 14.4 Å². The van der Waals surface area contributed by atoms with Crippen LogP contribution < -0.4 is 16.4 Å². The van der Waals surface area contributed by atoms with E-state index in [-0.39, 0.29) is 54.2 Å². The Morgan fingerprint density at radius 1 is 1.37 bits per heavy atom. The first-order chi connectivity index (χ1) is 18.1. The number of alkyl halides is 1. The molecule has 0 aromatic carbocycles. The van der Waals surface area contributed by atoms with Crippen molar-refractivity contribution in [1.82, 2.24) is 40.6 Å². The van der Waals surface area contributed by atoms with Crippen LogP contribution in [0.15, 0.2) is 16.9 Å². The molecule has 5 N–H and O–H groups in total. The molecule has 1 aromatic rings. The van der Waals surface area contributed by atoms with E-state index in [1.165, 1.54) is 32.6 Å². The first-order valence-electron chi connectivity index (χ1n) is 12.5. The van der Waals surface area contributed by atoms with Crippen LogP contribution in [0.2, 0.25) is 0 Å². The summed E-state index contributed by atoms with van der Waals surface area (Å²) in [5.74, 6) is -2.98. The van der Waals surface area contributed by atoms with E-state index in [4.69, 9.17) is 5.73 Å². The SMILES string of the molecule is C[C@@H](NC(=O)Cn1cnnn1)[C@H]1C(=O)N2C(C(=O)O)=C(S[C@@H]3CN[C@H](C(=O)N4C[C@@H](F)[C@@H](N)C4)C3)[C@H](C)[C@H]12. The number of likely N-dealkylation sites (tertiary alicyclic amines) is 1. The van der Waals surface area contributed by atoms with Gasteiger partial charge in [0.05, 0.1) is 30.6 Å². The Morgan fingerprint density at radius 2 is 2.13 bits per heavy atom. The Hall–Kier alpha value is -3.11. The van der Waals surface area contributed by atoms with Gasteiger partial charge in [-0.25, -0.2) is 13.9 Å². The van der Waals surface area contributed by atoms with Gasteiger partial charge in [-0.05, 0) is 23.8 Å². The van der Waals surface area contributed by atoms with Gasteiger partial charge < -0.3 is 31.3 Å². The van der Waals surface area contributed by atoms with Crippen molar-refractivity contribution in [3.05, 3.63) is 16.9 Å². The fourth-order valence-electron chi connectivity index (χ4n) is 5.84. The number of carbonyl (C=O) groups is 4. The van der Waals surface area contributed by atoms with Crippen molar-refractivity contribution in [1.29, 1.82) is 0 Å². The van der Waals surface area contributed by atoms with Crippen molar-refractivity contribution in [2.75, 3.05) is 19.6 Å². The number of carboxylic acid groups (broad SMARTS) is 1. The van der Waals surface area contributed by atoms with Gasteiger partial charge >= 0.3 is 5.97 Å². The lowest BCUT2D eigenvalue weighted by Gasteiger charge is -2.47. The van der Waals surface area contributed by atoms with E-state index in [1.54, 1.807) is 6.92 Å². The van der Waals surface area contributed by atoms with E-state index in [2.05, 4.69) is 26.2 Å². The molecule has 0 aliphatic carbocycles. The first-order valence-corrected chi connectivity index (χ1v) is 13.3. The molecule has 16 heteroatoms. The molecule has 8 atom stereocenters. The second-order valence-electron chi connectivity index (χ2n) is 10.3. The number of carboxylic acids is 1. The number of tetrazole rings is 1. The number of amides is 3. The lowest BCUT2D eigenvalue weighted by molar-refractivity contribution is -0.158. The van der Waals surface area contributed by atoms with Gasteiger partial charge in [-0.15, -0.1) is 16.9 Å². The van der Waals surface area contributed by atoms with Gasteiger partial charge in [-0.1, -0.05) is 6.92 Å². The Bertz CT molecular complexity index is 1160. The van der Waals surface area contributed by atoms with Crippen molar-refractivity contribution in [3.63, 3.8) is 0 Å². The lowest BCUT2D eigenvalue weighted by Crippen LogP contribution is -2.66. The molecule has 38 heavy (non-hydrogen) atoms. The quantitative estimate of drug-likeness (QED) is 0.260. The Kier molecular flexibility index (Phi) is 7.13. The summed E-state index contributed by atoms with van der Waals surface area (Å²) in [5, 5.41) is 26.5. The summed E-state index contributed by atoms with van der Waals surface area (Å²) in [7, 11) is 0. The standard InChI is InChI=1S/C22H30FN9O5S/c1-9-17-16(10(2)27-15(33)7-31-8-26-28-29-31)21(35)32(17)18(22(36)37)19(9)38-11-3-14(25-4-11)20(34)30-5-12(23)13(24)6-30/h8-14,16-17,25H,3-7,24H2,1-2H3,(H,27,33)(H,36,37)/t9-,10-,11+,12-,13+,14+,16-,17-/m1/s1. The molecule has 206 valence electrons. The number of thioether (sulfide) groups is 1. The normalized spacial score (nSPS) is 33.4. The summed E-state index contributed by atoms with van der Waals surface area (Å²) >= 11 is 1.36. The van der Waals surface area contributed by atoms with Gasteiger partial charge in [0.25, 0.3) is 0 Å². The molecule has 5 rings (SSSR count). The van der Waals surface area contributed by atoms with Crippen molar-refractivity contribution in [2.45, 2.75) is 62.4 Å². The molecule has 0 spiro atoms. The fraction of sp³-hybridized carbons (Fsp3) is 0.682. The number of hydrogen-bond acceptors (Lipinski definition) is 10. The molecular weight excluding hydrogens is 521 g/mol. The highest BCUT2D eigenvalue weighted by atomic mass is 32.2. The fourth-order valence-corrected chi connectivity index (χ4v) is 7.31. The van der Waals surface area contributed by atoms with E-state index in [0.29, 0.717) is 17.9 Å². The second-order valence-corrected chi connectivity index (χ2v) is 11.6. The van der Waals surface area contributed by atoms with Crippen LogP contribution in [-0.4, -0.2) is 114 Å². The minimum absolute atomic E-state index is 0.0219. The van der Waals surface area contributed by atoms with Gasteiger partial charge in [0, 0.05) is 35.2 Å². The Morgan fingerprint density at radius 3 is 2.76 bits per heavy atom. The van der Waals surface area contributed by atoms with Crippen molar-refractivity contribution < 1.29 is 28.7 Å². The molecule has 4 aliphatic heterocycles. The van der Waals surface area contributed by atoms with Crippen molar-refractivity contribution >= 4 is 35.5 Å². The third-order valence-electron chi connectivity index (χ3n) is 7.70. The topological polar surface area (TPSA) is 189 Å². The smallest absolute Gasteiger partial charge is 0.353 e. The Labute approximate surface area is 221 Å². The van der Waals surface area contributed by atoms with Crippen molar-refractivity contribution in [2.24, 2.45) is 17.6 Å². The number of nitrogens with one attached hydrogen (secondary N) is 2. The van der Waals surface area contributed by atoms with Crippen LogP contribution in [0.3, 0.4) is 0 Å². The zero-order valence-electron chi connectivity index (χ0n) is 20.9. The number of carbonyl (C=O) groups excluding carboxylic acids is 3. The van der Waals surface area contributed by atoms with Gasteiger partial charge in [0.15, 0.2) is 0 Å². The molecule has 14 nitrogen and oxygen atoms in total. The van der Waals surface area contributed by atoms with Crippen LogP contribution in [0, 0.1) is 11.8 Å². The van der Waals surface area contributed by atoms with Gasteiger partial charge in [0.1, 0.15) is 24.7 Å². The third kappa shape index (κ3) is 4.64. The molecule has 0 saturated carbocycles. The number of halogens is 1. The number of aromatic nitrogens is 4. The maximum absolute atomic E-state index is 13.8. The second kappa shape index (κ2) is 10.2. The van der Waals surface area contributed by atoms with Crippen LogP contribution in [0.25, 0.3) is 0 Å². The third-order valence-corrected chi connectivity index (χ3v) is 9.21. The van der Waals surface area contributed by atoms with E-state index in [9.17, 15) is 28.7 Å². The summed E-state index contributed by atoms with van der Waals surface area (Å²) in [6.07, 6.45) is 0.510. The summed E-state index contributed by atoms with van der Waals surface area (Å²) in [5.41, 5.74) is 5.67. The van der Waals surface area contributed by atoms with Crippen LogP contribution in [0.4, 0.5) is 4.39 Å². The van der Waals surface area contributed by atoms with Gasteiger partial charge in [0.2, 0.25) is 17.7 Å². The molecule has 3 saturated heterocycles. The maximum atomic E-state index is 13.8. The minimum Gasteiger partial charge on any atom is -0.477 e. The number of hydrogen-bond donors (Lipinski definition) is 4. The summed E-state index contributed by atoms with van der Waals surface area (Å²) in [4.78, 5) is 53.9. The highest BCUT2D eigenvalue weighted by molar-refractivity contribution is 8.03. The highest BCUT2D eigenvalue weighted by Gasteiger charge is 2.60. The Balaban J connectivity index is 1.23. The average Bonchev–Trinajstić information content (AvgIpc) is 3.63. The number of nitrogens with two attached hydrogens (primary N) is 1. The zero-order chi connectivity index (χ0) is 27.3. The predicted octanol–water partition coefficient (Wildman–Crippen LogP) is -2.08. The van der Waals surface area contributed by atoms with Crippen LogP contribution in [0.1, 0.15) is 20.3 Å². The predicted molar refractivity (Wildman–Crippen MR) is 131 cm³/mol. The molecule has 5 heterocycles. The number of aliphatic carboxylic acids is 1. The molecular formula is C22H30FN9O5S. The highest BCUT2D eigenvalue weighted by Crippen LogP contribution is 2.51. The minimum atomic E-state index is -1.24. The van der Waals surface area contributed by atoms with Crippen LogP contribution in [0.5, 0.6) is 0 Å². The van der Waals surface area contributed by atoms with Gasteiger partial charge in [-0.2, -0.15) is 0 Å². The van der Waals surface area contributed by atoms with E-state index < -0.39 is 42.2 Å². The molecule has 0 unspecified atom stereocenters. The number of fused-ring (bicyclic) bond motifs is 1. The van der Waals surface area contributed by atoms with E-state index in [1.807, 2.05) is 6.92 Å². The zero-order valence-corrected chi connectivity index (χ0v) is 21.7. The lowest BCUT2D eigenvalue weighted by atomic mass is 9.78. The maximum Gasteiger partial charge on any atom is 0.353 e. The largest absolute Gasteiger partial charge is 0.477 e. The number of nitrogens with zero attached hydrogens (tertiary/aromatic N) is 6. The molecule has 3 amide bonds.